The van der Waals surface area contributed by atoms with Gasteiger partial charge in [-0.25, -0.2) is 13.1 Å². The predicted molar refractivity (Wildman–Crippen MR) is 158 cm³/mol. The van der Waals surface area contributed by atoms with Gasteiger partial charge in [-0.1, -0.05) is 61.5 Å². The Kier molecular flexibility index (Phi) is 12.3. The number of methoxy groups -OCH3 is 2. The van der Waals surface area contributed by atoms with Gasteiger partial charge in [-0.05, 0) is 47.4 Å². The molecule has 1 atom stereocenters. The predicted octanol–water partition coefficient (Wildman–Crippen LogP) is 3.33. The number of carbonyl (C=O) groups is 2. The molecule has 220 valence electrons. The lowest BCUT2D eigenvalue weighted by molar-refractivity contribution is -0.141. The maximum Gasteiger partial charge on any atom is 0.243 e. The molecule has 3 rings (SSSR count). The fourth-order valence-electron chi connectivity index (χ4n) is 4.38. The number of hydrogen-bond donors (Lipinski definition) is 2. The second-order valence-corrected chi connectivity index (χ2v) is 11.3. The molecule has 0 saturated heterocycles. The zero-order valence-electron chi connectivity index (χ0n) is 23.8. The Morgan fingerprint density at radius 2 is 1.54 bits per heavy atom. The van der Waals surface area contributed by atoms with Crippen molar-refractivity contribution in [2.75, 3.05) is 33.9 Å². The standard InChI is InChI=1S/C31H39N3O6S/c1-4-33-41(37,38)28-17-12-24(13-18-28)14-19-30(35)34(23-26-10-15-27(40-3)16-11-26)29(31(36)32-20-21-39-2)22-25-8-6-5-7-9-25/h5-13,15-18,29,33H,4,14,19-23H2,1-3H3,(H,32,36)/t29-/m1/s1. The van der Waals surface area contributed by atoms with Crippen LogP contribution in [0.1, 0.15) is 30.0 Å². The van der Waals surface area contributed by atoms with E-state index in [0.29, 0.717) is 38.3 Å². The fraction of sp³-hybridized carbons (Fsp3) is 0.355. The summed E-state index contributed by atoms with van der Waals surface area (Å²) in [5.41, 5.74) is 2.62. The van der Waals surface area contributed by atoms with Gasteiger partial charge in [-0.15, -0.1) is 0 Å². The smallest absolute Gasteiger partial charge is 0.243 e. The second-order valence-electron chi connectivity index (χ2n) is 9.50. The molecule has 0 fully saturated rings. The van der Waals surface area contributed by atoms with Crippen LogP contribution in [0.15, 0.2) is 83.8 Å². The van der Waals surface area contributed by atoms with Crippen molar-refractivity contribution in [3.63, 3.8) is 0 Å². The van der Waals surface area contributed by atoms with Gasteiger partial charge < -0.3 is 19.7 Å². The van der Waals surface area contributed by atoms with E-state index in [2.05, 4.69) is 10.0 Å². The number of aryl methyl sites for hydroxylation is 1. The van der Waals surface area contributed by atoms with Gasteiger partial charge in [-0.3, -0.25) is 9.59 Å². The largest absolute Gasteiger partial charge is 0.497 e. The molecule has 0 radical (unpaired) electrons. The van der Waals surface area contributed by atoms with Crippen molar-refractivity contribution in [2.24, 2.45) is 0 Å². The number of rotatable bonds is 16. The first-order valence-corrected chi connectivity index (χ1v) is 15.1. The minimum Gasteiger partial charge on any atom is -0.497 e. The molecule has 0 aromatic heterocycles. The number of carbonyl (C=O) groups excluding carboxylic acids is 2. The number of nitrogens with zero attached hydrogens (tertiary/aromatic N) is 1. The van der Waals surface area contributed by atoms with Crippen LogP contribution < -0.4 is 14.8 Å². The van der Waals surface area contributed by atoms with E-state index in [1.165, 1.54) is 12.1 Å². The van der Waals surface area contributed by atoms with Gasteiger partial charge in [0.15, 0.2) is 0 Å². The summed E-state index contributed by atoms with van der Waals surface area (Å²) >= 11 is 0. The maximum absolute atomic E-state index is 13.8. The van der Waals surface area contributed by atoms with E-state index in [0.717, 1.165) is 16.7 Å². The number of sulfonamides is 1. The minimum absolute atomic E-state index is 0.145. The molecule has 0 aliphatic rings. The van der Waals surface area contributed by atoms with Crippen LogP contribution in [-0.4, -0.2) is 65.1 Å². The molecule has 0 unspecified atom stereocenters. The first-order chi connectivity index (χ1) is 19.8. The van der Waals surface area contributed by atoms with Crippen LogP contribution in [0.2, 0.25) is 0 Å². The van der Waals surface area contributed by atoms with E-state index in [9.17, 15) is 18.0 Å². The Hall–Kier alpha value is -3.73. The lowest BCUT2D eigenvalue weighted by Crippen LogP contribution is -2.51. The van der Waals surface area contributed by atoms with Gasteiger partial charge in [-0.2, -0.15) is 0 Å². The first kappa shape index (κ1) is 31.8. The van der Waals surface area contributed by atoms with Crippen molar-refractivity contribution in [1.29, 1.82) is 0 Å². The fourth-order valence-corrected chi connectivity index (χ4v) is 5.42. The van der Waals surface area contributed by atoms with Crippen LogP contribution in [0.5, 0.6) is 5.75 Å². The summed E-state index contributed by atoms with van der Waals surface area (Å²) in [5.74, 6) is 0.253. The van der Waals surface area contributed by atoms with Crippen molar-refractivity contribution < 1.29 is 27.5 Å². The van der Waals surface area contributed by atoms with Crippen LogP contribution in [0, 0.1) is 0 Å². The third kappa shape index (κ3) is 9.70. The summed E-state index contributed by atoms with van der Waals surface area (Å²) in [6, 6.07) is 22.8. The van der Waals surface area contributed by atoms with Crippen molar-refractivity contribution >= 4 is 21.8 Å². The molecule has 10 heteroatoms. The molecule has 0 aliphatic heterocycles. The molecule has 0 bridgehead atoms. The molecule has 2 amide bonds. The summed E-state index contributed by atoms with van der Waals surface area (Å²) in [6.45, 7) is 2.94. The van der Waals surface area contributed by atoms with Crippen LogP contribution in [0.4, 0.5) is 0 Å². The highest BCUT2D eigenvalue weighted by Crippen LogP contribution is 2.19. The van der Waals surface area contributed by atoms with E-state index in [-0.39, 0.29) is 29.7 Å². The zero-order chi connectivity index (χ0) is 29.7. The number of amides is 2. The Balaban J connectivity index is 1.86. The average molecular weight is 582 g/mol. The normalized spacial score (nSPS) is 12.0. The van der Waals surface area contributed by atoms with Crippen LogP contribution in [0.25, 0.3) is 0 Å². The lowest BCUT2D eigenvalue weighted by Gasteiger charge is -2.31. The molecule has 0 spiro atoms. The first-order valence-electron chi connectivity index (χ1n) is 13.6. The second kappa shape index (κ2) is 15.9. The van der Waals surface area contributed by atoms with Crippen LogP contribution in [-0.2, 0) is 43.7 Å². The quantitative estimate of drug-likeness (QED) is 0.251. The van der Waals surface area contributed by atoms with Gasteiger partial charge in [0.2, 0.25) is 21.8 Å². The van der Waals surface area contributed by atoms with Crippen molar-refractivity contribution in [2.45, 2.75) is 43.7 Å². The summed E-state index contributed by atoms with van der Waals surface area (Å²) in [4.78, 5) is 29.1. The number of ether oxygens (including phenoxy) is 2. The minimum atomic E-state index is -3.56. The highest BCUT2D eigenvalue weighted by Gasteiger charge is 2.30. The summed E-state index contributed by atoms with van der Waals surface area (Å²) in [6.07, 6.45) is 0.882. The lowest BCUT2D eigenvalue weighted by atomic mass is 10.0. The number of hydrogen-bond acceptors (Lipinski definition) is 6. The van der Waals surface area contributed by atoms with E-state index >= 15 is 0 Å². The van der Waals surface area contributed by atoms with E-state index in [4.69, 9.17) is 9.47 Å². The van der Waals surface area contributed by atoms with Crippen molar-refractivity contribution in [3.05, 3.63) is 95.6 Å². The van der Waals surface area contributed by atoms with Gasteiger partial charge in [0, 0.05) is 39.6 Å². The zero-order valence-corrected chi connectivity index (χ0v) is 24.7. The Morgan fingerprint density at radius 3 is 2.15 bits per heavy atom. The third-order valence-electron chi connectivity index (χ3n) is 6.58. The maximum atomic E-state index is 13.8. The molecule has 3 aromatic rings. The summed E-state index contributed by atoms with van der Waals surface area (Å²) < 4.78 is 37.4. The Bertz CT molecular complexity index is 1350. The van der Waals surface area contributed by atoms with Crippen LogP contribution >= 0.6 is 0 Å². The van der Waals surface area contributed by atoms with Gasteiger partial charge >= 0.3 is 0 Å². The topological polar surface area (TPSA) is 114 Å². The SMILES string of the molecule is CCNS(=O)(=O)c1ccc(CCC(=O)N(Cc2ccc(OC)cc2)[C@H](Cc2ccccc2)C(=O)NCCOC)cc1. The molecule has 0 aliphatic carbocycles. The molecule has 0 heterocycles. The van der Waals surface area contributed by atoms with Crippen molar-refractivity contribution in [3.8, 4) is 5.75 Å². The van der Waals surface area contributed by atoms with Gasteiger partial charge in [0.25, 0.3) is 0 Å². The van der Waals surface area contributed by atoms with Crippen molar-refractivity contribution in [1.82, 2.24) is 14.9 Å². The average Bonchev–Trinajstić information content (AvgIpc) is 2.98. The molecule has 3 aromatic carbocycles. The monoisotopic (exact) mass is 581 g/mol. The van der Waals surface area contributed by atoms with Gasteiger partial charge in [0.1, 0.15) is 11.8 Å². The third-order valence-corrected chi connectivity index (χ3v) is 8.15. The highest BCUT2D eigenvalue weighted by molar-refractivity contribution is 7.89. The van der Waals surface area contributed by atoms with E-state index in [1.54, 1.807) is 38.2 Å². The van der Waals surface area contributed by atoms with Gasteiger partial charge in [0.05, 0.1) is 18.6 Å². The molecule has 41 heavy (non-hydrogen) atoms. The molecule has 2 N–H and O–H groups in total. The molecule has 0 saturated carbocycles. The summed E-state index contributed by atoms with van der Waals surface area (Å²) in [7, 11) is -0.404. The summed E-state index contributed by atoms with van der Waals surface area (Å²) in [5, 5.41) is 2.91. The Morgan fingerprint density at radius 1 is 0.878 bits per heavy atom. The number of nitrogens with one attached hydrogen (secondary N) is 2. The van der Waals surface area contributed by atoms with Crippen LogP contribution in [0.3, 0.4) is 0 Å². The van der Waals surface area contributed by atoms with E-state index in [1.807, 2.05) is 54.6 Å². The number of benzene rings is 3. The molecular weight excluding hydrogens is 542 g/mol. The highest BCUT2D eigenvalue weighted by atomic mass is 32.2. The molecule has 9 nitrogen and oxygen atoms in total. The molecular formula is C31H39N3O6S. The Labute approximate surface area is 242 Å². The van der Waals surface area contributed by atoms with E-state index < -0.39 is 16.1 Å².